The first-order valence-corrected chi connectivity index (χ1v) is 10.9. The number of hydrogen-bond acceptors (Lipinski definition) is 3. The summed E-state index contributed by atoms with van der Waals surface area (Å²) < 4.78 is 0. The fraction of sp³-hybridized carbons (Fsp3) is 0.652. The Morgan fingerprint density at radius 1 is 0.857 bits per heavy atom. The molecule has 0 radical (unpaired) electrons. The van der Waals surface area contributed by atoms with Gasteiger partial charge in [-0.1, -0.05) is 77.6 Å². The number of rotatable bonds is 15. The van der Waals surface area contributed by atoms with Crippen LogP contribution in [-0.2, 0) is 4.79 Å². The first kappa shape index (κ1) is 24.0. The molecule has 2 amide bonds. The summed E-state index contributed by atoms with van der Waals surface area (Å²) in [4.78, 5) is 23.2. The van der Waals surface area contributed by atoms with Crippen LogP contribution in [0.5, 0.6) is 5.75 Å². The maximum Gasteiger partial charge on any atom is 0.255 e. The number of phenolic OH excluding ortho intramolecular Hbond substituents is 1. The van der Waals surface area contributed by atoms with Crippen LogP contribution in [0.25, 0.3) is 0 Å². The fourth-order valence-electron chi connectivity index (χ4n) is 3.27. The van der Waals surface area contributed by atoms with Gasteiger partial charge in [0.2, 0.25) is 5.91 Å². The number of hydrogen-bond donors (Lipinski definition) is 3. The van der Waals surface area contributed by atoms with Gasteiger partial charge in [-0.15, -0.1) is 0 Å². The Morgan fingerprint density at radius 2 is 1.39 bits per heavy atom. The van der Waals surface area contributed by atoms with Crippen LogP contribution in [0.3, 0.4) is 0 Å². The average Bonchev–Trinajstić information content (AvgIpc) is 2.65. The van der Waals surface area contributed by atoms with Gasteiger partial charge in [-0.05, 0) is 18.6 Å². The predicted octanol–water partition coefficient (Wildman–Crippen LogP) is 5.78. The van der Waals surface area contributed by atoms with E-state index in [-0.39, 0.29) is 23.1 Å². The first-order valence-electron chi connectivity index (χ1n) is 10.9. The molecule has 0 heterocycles. The third-order valence-corrected chi connectivity index (χ3v) is 4.88. The zero-order valence-electron chi connectivity index (χ0n) is 17.7. The summed E-state index contributed by atoms with van der Waals surface area (Å²) in [5.74, 6) is -0.628. The first-order chi connectivity index (χ1) is 13.5. The third kappa shape index (κ3) is 11.0. The van der Waals surface area contributed by atoms with E-state index in [0.717, 1.165) is 12.8 Å². The van der Waals surface area contributed by atoms with Gasteiger partial charge < -0.3 is 15.7 Å². The van der Waals surface area contributed by atoms with Gasteiger partial charge >= 0.3 is 0 Å². The van der Waals surface area contributed by atoms with Gasteiger partial charge in [0, 0.05) is 25.2 Å². The van der Waals surface area contributed by atoms with Crippen molar-refractivity contribution in [1.82, 2.24) is 5.32 Å². The Balaban J connectivity index is 2.06. The molecule has 0 saturated carbocycles. The van der Waals surface area contributed by atoms with E-state index in [4.69, 9.17) is 0 Å². The lowest BCUT2D eigenvalue weighted by Crippen LogP contribution is -2.24. The normalized spacial score (nSPS) is 10.6. The van der Waals surface area contributed by atoms with Gasteiger partial charge in [-0.3, -0.25) is 9.59 Å². The van der Waals surface area contributed by atoms with Crippen molar-refractivity contribution in [3.63, 3.8) is 0 Å². The number of aromatic hydroxyl groups is 1. The van der Waals surface area contributed by atoms with Crippen molar-refractivity contribution in [3.05, 3.63) is 23.8 Å². The van der Waals surface area contributed by atoms with Gasteiger partial charge in [-0.2, -0.15) is 0 Å². The molecule has 3 N–H and O–H groups in total. The number of carbonyl (C=O) groups is 2. The Bertz CT molecular complexity index is 587. The number of carbonyl (C=O) groups excluding carboxylic acids is 2. The number of unbranched alkanes of at least 4 members (excludes halogenated alkanes) is 11. The molecule has 158 valence electrons. The van der Waals surface area contributed by atoms with Crippen molar-refractivity contribution in [2.45, 2.75) is 90.9 Å². The molecule has 1 rings (SSSR count). The highest BCUT2D eigenvalue weighted by molar-refractivity contribution is 5.98. The number of amides is 2. The summed E-state index contributed by atoms with van der Waals surface area (Å²) in [5, 5.41) is 15.4. The van der Waals surface area contributed by atoms with Crippen molar-refractivity contribution in [2.75, 3.05) is 11.9 Å². The van der Waals surface area contributed by atoms with E-state index < -0.39 is 0 Å². The smallest absolute Gasteiger partial charge is 0.255 e. The lowest BCUT2D eigenvalue weighted by Gasteiger charge is -2.09. The number of phenols is 1. The Labute approximate surface area is 170 Å². The van der Waals surface area contributed by atoms with Gasteiger partial charge in [-0.25, -0.2) is 0 Å². The summed E-state index contributed by atoms with van der Waals surface area (Å²) in [6.07, 6.45) is 15.4. The molecule has 5 nitrogen and oxygen atoms in total. The summed E-state index contributed by atoms with van der Waals surface area (Å²) in [6.45, 7) is 4.26. The topological polar surface area (TPSA) is 78.4 Å². The van der Waals surface area contributed by atoms with Crippen LogP contribution in [0, 0.1) is 0 Å². The molecular formula is C23H38N2O3. The molecule has 0 spiro atoms. The minimum absolute atomic E-state index is 0.126. The molecule has 5 heteroatoms. The van der Waals surface area contributed by atoms with Crippen LogP contribution in [0.2, 0.25) is 0 Å². The predicted molar refractivity (Wildman–Crippen MR) is 116 cm³/mol. The maximum atomic E-state index is 12.1. The second-order valence-electron chi connectivity index (χ2n) is 7.56. The van der Waals surface area contributed by atoms with Gasteiger partial charge in [0.05, 0.1) is 5.56 Å². The number of anilines is 1. The SMILES string of the molecule is CCCCCCCCCCCCCCNC(=O)c1ccc(NC(C)=O)cc1O. The third-order valence-electron chi connectivity index (χ3n) is 4.88. The van der Waals surface area contributed by atoms with Crippen molar-refractivity contribution < 1.29 is 14.7 Å². The summed E-state index contributed by atoms with van der Waals surface area (Å²) in [5.41, 5.74) is 0.704. The molecule has 0 fully saturated rings. The molecular weight excluding hydrogens is 352 g/mol. The standard InChI is InChI=1S/C23H38N2O3/c1-3-4-5-6-7-8-9-10-11-12-13-14-17-24-23(28)21-16-15-20(18-22(21)27)25-19(2)26/h15-16,18,27H,3-14,17H2,1-2H3,(H,24,28)(H,25,26). The maximum absolute atomic E-state index is 12.1. The van der Waals surface area contributed by atoms with Crippen LogP contribution in [0.4, 0.5) is 5.69 Å². The van der Waals surface area contributed by atoms with E-state index in [2.05, 4.69) is 17.6 Å². The lowest BCUT2D eigenvalue weighted by molar-refractivity contribution is -0.114. The molecule has 0 aromatic heterocycles. The van der Waals surface area contributed by atoms with Crippen molar-refractivity contribution in [1.29, 1.82) is 0 Å². The summed E-state index contributed by atoms with van der Waals surface area (Å²) in [7, 11) is 0. The molecule has 0 atom stereocenters. The van der Waals surface area contributed by atoms with Crippen molar-refractivity contribution in [2.24, 2.45) is 0 Å². The highest BCUT2D eigenvalue weighted by Crippen LogP contribution is 2.22. The van der Waals surface area contributed by atoms with E-state index >= 15 is 0 Å². The molecule has 0 aliphatic rings. The second-order valence-corrected chi connectivity index (χ2v) is 7.56. The Hall–Kier alpha value is -2.04. The van der Waals surface area contributed by atoms with Crippen LogP contribution < -0.4 is 10.6 Å². The highest BCUT2D eigenvalue weighted by atomic mass is 16.3. The van der Waals surface area contributed by atoms with Gasteiger partial charge in [0.25, 0.3) is 5.91 Å². The van der Waals surface area contributed by atoms with Crippen LogP contribution in [-0.4, -0.2) is 23.5 Å². The summed E-state index contributed by atoms with van der Waals surface area (Å²) >= 11 is 0. The molecule has 0 aliphatic heterocycles. The van der Waals surface area contributed by atoms with E-state index in [1.165, 1.54) is 83.3 Å². The van der Waals surface area contributed by atoms with Crippen molar-refractivity contribution >= 4 is 17.5 Å². The van der Waals surface area contributed by atoms with E-state index in [1.807, 2.05) is 0 Å². The number of nitrogens with one attached hydrogen (secondary N) is 2. The monoisotopic (exact) mass is 390 g/mol. The van der Waals surface area contributed by atoms with Gasteiger partial charge in [0.1, 0.15) is 5.75 Å². The lowest BCUT2D eigenvalue weighted by atomic mass is 10.1. The van der Waals surface area contributed by atoms with Crippen LogP contribution in [0.1, 0.15) is 101 Å². The largest absolute Gasteiger partial charge is 0.507 e. The Morgan fingerprint density at radius 3 is 1.89 bits per heavy atom. The minimum Gasteiger partial charge on any atom is -0.507 e. The van der Waals surface area contributed by atoms with Crippen molar-refractivity contribution in [3.8, 4) is 5.75 Å². The quantitative estimate of drug-likeness (QED) is 0.332. The highest BCUT2D eigenvalue weighted by Gasteiger charge is 2.11. The fourth-order valence-corrected chi connectivity index (χ4v) is 3.27. The molecule has 0 bridgehead atoms. The van der Waals surface area contributed by atoms with E-state index in [9.17, 15) is 14.7 Å². The van der Waals surface area contributed by atoms with Crippen LogP contribution >= 0.6 is 0 Å². The average molecular weight is 391 g/mol. The number of benzene rings is 1. The summed E-state index contributed by atoms with van der Waals surface area (Å²) in [6, 6.07) is 4.53. The molecule has 0 aliphatic carbocycles. The molecule has 28 heavy (non-hydrogen) atoms. The molecule has 0 unspecified atom stereocenters. The molecule has 1 aromatic rings. The Kier molecular flexibility index (Phi) is 12.8. The van der Waals surface area contributed by atoms with Gasteiger partial charge in [0.15, 0.2) is 0 Å². The zero-order valence-corrected chi connectivity index (χ0v) is 17.7. The molecule has 0 saturated heterocycles. The minimum atomic E-state index is -0.282. The van der Waals surface area contributed by atoms with Crippen LogP contribution in [0.15, 0.2) is 18.2 Å². The van der Waals surface area contributed by atoms with E-state index in [0.29, 0.717) is 12.2 Å². The molecule has 1 aromatic carbocycles. The second kappa shape index (κ2) is 14.9. The van der Waals surface area contributed by atoms with E-state index in [1.54, 1.807) is 6.07 Å². The zero-order chi connectivity index (χ0) is 20.6.